The van der Waals surface area contributed by atoms with Gasteiger partial charge in [0.1, 0.15) is 12.1 Å². The monoisotopic (exact) mass is 525 g/mol. The summed E-state index contributed by atoms with van der Waals surface area (Å²) in [6.45, 7) is 1.24. The maximum Gasteiger partial charge on any atom is 0.250 e. The first-order valence-electron chi connectivity index (χ1n) is 12.5. The first-order chi connectivity index (χ1) is 17.8. The standard InChI is InChI=1S/C27H32ClN5O4/c28-21-9-6-20(7-10-21)8-11-25(36)31-16-13-27(14-17-31)26(37)32(18-24(35)30-15-12-23(29)34)19-33(27)22-4-2-1-3-5-22/h1-7,9-10H,8,11-19H2,(H2,29,34)(H,30,35). The third-order valence-corrected chi connectivity index (χ3v) is 7.35. The van der Waals surface area contributed by atoms with E-state index in [2.05, 4.69) is 10.2 Å². The Morgan fingerprint density at radius 1 is 0.973 bits per heavy atom. The van der Waals surface area contributed by atoms with Gasteiger partial charge in [0, 0.05) is 43.2 Å². The quantitative estimate of drug-likeness (QED) is 0.519. The number of rotatable bonds is 9. The number of nitrogens with zero attached hydrogens (tertiary/aromatic N) is 3. The summed E-state index contributed by atoms with van der Waals surface area (Å²) in [6, 6.07) is 17.1. The molecule has 2 fully saturated rings. The van der Waals surface area contributed by atoms with Crippen molar-refractivity contribution in [3.8, 4) is 0 Å². The molecule has 9 nitrogen and oxygen atoms in total. The predicted molar refractivity (Wildman–Crippen MR) is 141 cm³/mol. The number of halogens is 1. The Morgan fingerprint density at radius 2 is 1.65 bits per heavy atom. The molecule has 37 heavy (non-hydrogen) atoms. The Balaban J connectivity index is 1.41. The Hall–Kier alpha value is -3.59. The normalized spacial score (nSPS) is 16.8. The summed E-state index contributed by atoms with van der Waals surface area (Å²) in [7, 11) is 0. The van der Waals surface area contributed by atoms with Crippen LogP contribution in [0.25, 0.3) is 0 Å². The largest absolute Gasteiger partial charge is 0.370 e. The Morgan fingerprint density at radius 3 is 2.30 bits per heavy atom. The lowest BCUT2D eigenvalue weighted by molar-refractivity contribution is -0.140. The van der Waals surface area contributed by atoms with Crippen molar-refractivity contribution in [3.63, 3.8) is 0 Å². The number of primary amides is 1. The van der Waals surface area contributed by atoms with Crippen LogP contribution < -0.4 is 16.0 Å². The molecule has 0 atom stereocenters. The molecule has 2 saturated heterocycles. The van der Waals surface area contributed by atoms with Gasteiger partial charge in [-0.05, 0) is 49.1 Å². The molecule has 0 aliphatic carbocycles. The van der Waals surface area contributed by atoms with Crippen molar-refractivity contribution in [2.45, 2.75) is 37.6 Å². The molecule has 196 valence electrons. The fourth-order valence-electron chi connectivity index (χ4n) is 5.06. The summed E-state index contributed by atoms with van der Waals surface area (Å²) >= 11 is 5.95. The van der Waals surface area contributed by atoms with E-state index in [0.29, 0.717) is 43.8 Å². The number of anilines is 1. The number of hydrogen-bond donors (Lipinski definition) is 2. The number of amides is 4. The Kier molecular flexibility index (Phi) is 8.33. The number of nitrogens with two attached hydrogens (primary N) is 1. The van der Waals surface area contributed by atoms with E-state index < -0.39 is 11.4 Å². The number of likely N-dealkylation sites (tertiary alicyclic amines) is 1. The number of carbonyl (C=O) groups excluding carboxylic acids is 4. The van der Waals surface area contributed by atoms with Gasteiger partial charge in [-0.1, -0.05) is 41.9 Å². The SMILES string of the molecule is NC(=O)CCNC(=O)CN1CN(c2ccccc2)C2(CCN(C(=O)CCc3ccc(Cl)cc3)CC2)C1=O. The highest BCUT2D eigenvalue weighted by molar-refractivity contribution is 6.30. The lowest BCUT2D eigenvalue weighted by Crippen LogP contribution is -2.57. The smallest absolute Gasteiger partial charge is 0.250 e. The molecule has 2 aliphatic rings. The van der Waals surface area contributed by atoms with Crippen LogP contribution >= 0.6 is 11.6 Å². The molecule has 2 heterocycles. The summed E-state index contributed by atoms with van der Waals surface area (Å²) in [5.41, 5.74) is 6.27. The van der Waals surface area contributed by atoms with Crippen molar-refractivity contribution in [2.24, 2.45) is 5.73 Å². The van der Waals surface area contributed by atoms with Gasteiger partial charge in [-0.3, -0.25) is 19.2 Å². The van der Waals surface area contributed by atoms with E-state index in [1.54, 1.807) is 4.90 Å². The van der Waals surface area contributed by atoms with Crippen molar-refractivity contribution in [1.82, 2.24) is 15.1 Å². The van der Waals surface area contributed by atoms with Crippen molar-refractivity contribution in [2.75, 3.05) is 37.7 Å². The minimum Gasteiger partial charge on any atom is -0.370 e. The second-order valence-electron chi connectivity index (χ2n) is 9.51. The van der Waals surface area contributed by atoms with Gasteiger partial charge in [0.2, 0.25) is 17.7 Å². The van der Waals surface area contributed by atoms with Crippen LogP contribution in [-0.4, -0.2) is 71.8 Å². The number of nitrogens with one attached hydrogen (secondary N) is 1. The van der Waals surface area contributed by atoms with Crippen LogP contribution in [0.4, 0.5) is 5.69 Å². The summed E-state index contributed by atoms with van der Waals surface area (Å²) < 4.78 is 0. The van der Waals surface area contributed by atoms with Crippen LogP contribution in [0, 0.1) is 0 Å². The highest BCUT2D eigenvalue weighted by atomic mass is 35.5. The summed E-state index contributed by atoms with van der Waals surface area (Å²) in [6.07, 6.45) is 2.02. The molecule has 0 bridgehead atoms. The van der Waals surface area contributed by atoms with Crippen molar-refractivity contribution < 1.29 is 19.2 Å². The number of piperidine rings is 1. The lowest BCUT2D eigenvalue weighted by atomic mass is 9.85. The molecule has 0 unspecified atom stereocenters. The maximum atomic E-state index is 13.7. The van der Waals surface area contributed by atoms with E-state index in [4.69, 9.17) is 17.3 Å². The average Bonchev–Trinajstić information content (AvgIpc) is 3.15. The molecule has 2 aromatic rings. The lowest BCUT2D eigenvalue weighted by Gasteiger charge is -2.43. The Bertz CT molecular complexity index is 1130. The molecular weight excluding hydrogens is 494 g/mol. The number of para-hydroxylation sites is 1. The molecule has 10 heteroatoms. The van der Waals surface area contributed by atoms with Crippen molar-refractivity contribution in [1.29, 1.82) is 0 Å². The van der Waals surface area contributed by atoms with Crippen LogP contribution in [0.1, 0.15) is 31.2 Å². The van der Waals surface area contributed by atoms with E-state index in [1.165, 1.54) is 0 Å². The zero-order valence-corrected chi connectivity index (χ0v) is 21.5. The highest BCUT2D eigenvalue weighted by Crippen LogP contribution is 2.39. The highest BCUT2D eigenvalue weighted by Gasteiger charge is 2.54. The van der Waals surface area contributed by atoms with Crippen LogP contribution in [0.2, 0.25) is 5.02 Å². The summed E-state index contributed by atoms with van der Waals surface area (Å²) in [5, 5.41) is 3.31. The third kappa shape index (κ3) is 6.22. The van der Waals surface area contributed by atoms with Gasteiger partial charge >= 0.3 is 0 Å². The molecule has 1 spiro atoms. The maximum absolute atomic E-state index is 13.7. The average molecular weight is 526 g/mol. The van der Waals surface area contributed by atoms with Crippen LogP contribution in [-0.2, 0) is 25.6 Å². The van der Waals surface area contributed by atoms with Gasteiger partial charge in [0.25, 0.3) is 5.91 Å². The topological polar surface area (TPSA) is 116 Å². The number of aryl methyl sites for hydroxylation is 1. The number of hydrogen-bond acceptors (Lipinski definition) is 5. The summed E-state index contributed by atoms with van der Waals surface area (Å²) in [4.78, 5) is 55.5. The summed E-state index contributed by atoms with van der Waals surface area (Å²) in [5.74, 6) is -0.891. The molecule has 2 aliphatic heterocycles. The first kappa shape index (κ1) is 26.5. The van der Waals surface area contributed by atoms with Gasteiger partial charge in [-0.2, -0.15) is 0 Å². The molecular formula is C27H32ClN5O4. The van der Waals surface area contributed by atoms with Crippen molar-refractivity contribution >= 4 is 40.9 Å². The zero-order valence-electron chi connectivity index (χ0n) is 20.7. The second kappa shape index (κ2) is 11.6. The first-order valence-corrected chi connectivity index (χ1v) is 12.9. The van der Waals surface area contributed by atoms with E-state index in [0.717, 1.165) is 11.3 Å². The molecule has 0 aromatic heterocycles. The van der Waals surface area contributed by atoms with Gasteiger partial charge in [0.15, 0.2) is 0 Å². The van der Waals surface area contributed by atoms with Crippen molar-refractivity contribution in [3.05, 3.63) is 65.2 Å². The molecule has 2 aromatic carbocycles. The molecule has 0 radical (unpaired) electrons. The zero-order chi connectivity index (χ0) is 26.4. The molecule has 0 saturated carbocycles. The van der Waals surface area contributed by atoms with Gasteiger partial charge in [-0.25, -0.2) is 0 Å². The minimum atomic E-state index is -0.818. The van der Waals surface area contributed by atoms with Gasteiger partial charge in [0.05, 0.1) is 6.67 Å². The molecule has 4 rings (SSSR count). The third-order valence-electron chi connectivity index (χ3n) is 7.09. The van der Waals surface area contributed by atoms with E-state index in [1.807, 2.05) is 59.5 Å². The van der Waals surface area contributed by atoms with Gasteiger partial charge < -0.3 is 25.8 Å². The fraction of sp³-hybridized carbons (Fsp3) is 0.407. The Labute approximate surface area is 221 Å². The fourth-order valence-corrected chi connectivity index (χ4v) is 5.19. The van der Waals surface area contributed by atoms with E-state index in [-0.39, 0.29) is 43.9 Å². The van der Waals surface area contributed by atoms with Crippen LogP contribution in [0.3, 0.4) is 0 Å². The van der Waals surface area contributed by atoms with Gasteiger partial charge in [-0.15, -0.1) is 0 Å². The number of carbonyl (C=O) groups is 4. The predicted octanol–water partition coefficient (Wildman–Crippen LogP) is 1.93. The van der Waals surface area contributed by atoms with E-state index >= 15 is 0 Å². The minimum absolute atomic E-state index is 0.0433. The van der Waals surface area contributed by atoms with E-state index in [9.17, 15) is 19.2 Å². The molecule has 4 amide bonds. The van der Waals surface area contributed by atoms with Crippen LogP contribution in [0.5, 0.6) is 0 Å². The second-order valence-corrected chi connectivity index (χ2v) is 9.95. The number of benzene rings is 2. The van der Waals surface area contributed by atoms with Crippen LogP contribution in [0.15, 0.2) is 54.6 Å². The molecule has 3 N–H and O–H groups in total.